The van der Waals surface area contributed by atoms with Crippen LogP contribution in [-0.2, 0) is 0 Å². The lowest BCUT2D eigenvalue weighted by Crippen LogP contribution is -2.34. The Kier molecular flexibility index (Phi) is 5.92. The monoisotopic (exact) mass is 290 g/mol. The molecule has 0 radical (unpaired) electrons. The predicted octanol–water partition coefficient (Wildman–Crippen LogP) is 2.55. The zero-order chi connectivity index (χ0) is 16.0. The number of hydrogen-bond acceptors (Lipinski definition) is 2. The SMILES string of the molecule is CC(CNC(=O)c1ccc(C#CCN)cc1F)C(C)(C)C. The average molecular weight is 290 g/mol. The fourth-order valence-corrected chi connectivity index (χ4v) is 1.58. The molecule has 0 aliphatic heterocycles. The summed E-state index contributed by atoms with van der Waals surface area (Å²) in [5, 5.41) is 2.77. The Morgan fingerprint density at radius 1 is 1.43 bits per heavy atom. The zero-order valence-electron chi connectivity index (χ0n) is 13.1. The minimum Gasteiger partial charge on any atom is -0.352 e. The van der Waals surface area contributed by atoms with Crippen molar-refractivity contribution in [3.05, 3.63) is 35.1 Å². The van der Waals surface area contributed by atoms with Gasteiger partial charge in [0.1, 0.15) is 5.82 Å². The average Bonchev–Trinajstić information content (AvgIpc) is 2.41. The summed E-state index contributed by atoms with van der Waals surface area (Å²) in [7, 11) is 0. The lowest BCUT2D eigenvalue weighted by molar-refractivity contribution is 0.0933. The predicted molar refractivity (Wildman–Crippen MR) is 83.3 cm³/mol. The van der Waals surface area contributed by atoms with Crippen molar-refractivity contribution in [3.63, 3.8) is 0 Å². The van der Waals surface area contributed by atoms with Crippen LogP contribution in [0.5, 0.6) is 0 Å². The fraction of sp³-hybridized carbons (Fsp3) is 0.471. The number of nitrogens with two attached hydrogens (primary N) is 1. The van der Waals surface area contributed by atoms with Crippen molar-refractivity contribution in [1.29, 1.82) is 0 Å². The molecule has 1 atom stereocenters. The van der Waals surface area contributed by atoms with E-state index in [1.807, 2.05) is 0 Å². The maximum Gasteiger partial charge on any atom is 0.254 e. The lowest BCUT2D eigenvalue weighted by atomic mass is 9.82. The summed E-state index contributed by atoms with van der Waals surface area (Å²) >= 11 is 0. The Bertz CT molecular complexity index is 564. The number of carbonyl (C=O) groups excluding carboxylic acids is 1. The largest absolute Gasteiger partial charge is 0.352 e. The zero-order valence-corrected chi connectivity index (χ0v) is 13.1. The van der Waals surface area contributed by atoms with Crippen molar-refractivity contribution in [1.82, 2.24) is 5.32 Å². The third-order valence-corrected chi connectivity index (χ3v) is 3.60. The number of rotatable bonds is 3. The summed E-state index contributed by atoms with van der Waals surface area (Å²) in [6.45, 7) is 9.10. The van der Waals surface area contributed by atoms with E-state index in [0.29, 0.717) is 18.0 Å². The fourth-order valence-electron chi connectivity index (χ4n) is 1.58. The number of nitrogens with one attached hydrogen (secondary N) is 1. The second kappa shape index (κ2) is 7.24. The van der Waals surface area contributed by atoms with E-state index in [4.69, 9.17) is 5.73 Å². The second-order valence-corrected chi connectivity index (χ2v) is 6.18. The van der Waals surface area contributed by atoms with Gasteiger partial charge < -0.3 is 11.1 Å². The van der Waals surface area contributed by atoms with Gasteiger partial charge in [-0.05, 0) is 29.5 Å². The third kappa shape index (κ3) is 5.20. The third-order valence-electron chi connectivity index (χ3n) is 3.60. The maximum atomic E-state index is 13.9. The van der Waals surface area contributed by atoms with Crippen molar-refractivity contribution >= 4 is 5.91 Å². The van der Waals surface area contributed by atoms with Crippen LogP contribution in [0.2, 0.25) is 0 Å². The van der Waals surface area contributed by atoms with Gasteiger partial charge in [0.2, 0.25) is 0 Å². The van der Waals surface area contributed by atoms with Gasteiger partial charge in [-0.15, -0.1) is 0 Å². The Morgan fingerprint density at radius 2 is 2.10 bits per heavy atom. The second-order valence-electron chi connectivity index (χ2n) is 6.18. The number of halogens is 1. The highest BCUT2D eigenvalue weighted by Gasteiger charge is 2.21. The Hall–Kier alpha value is -1.86. The summed E-state index contributed by atoms with van der Waals surface area (Å²) in [5.41, 5.74) is 5.90. The van der Waals surface area contributed by atoms with Gasteiger partial charge in [-0.1, -0.05) is 39.5 Å². The van der Waals surface area contributed by atoms with Crippen LogP contribution in [0.25, 0.3) is 0 Å². The Labute approximate surface area is 126 Å². The van der Waals surface area contributed by atoms with E-state index >= 15 is 0 Å². The van der Waals surface area contributed by atoms with E-state index < -0.39 is 11.7 Å². The van der Waals surface area contributed by atoms with Gasteiger partial charge >= 0.3 is 0 Å². The molecule has 0 aliphatic rings. The summed E-state index contributed by atoms with van der Waals surface area (Å²) in [5.74, 6) is 4.70. The van der Waals surface area contributed by atoms with E-state index in [2.05, 4.69) is 44.9 Å². The molecule has 0 aliphatic carbocycles. The molecular weight excluding hydrogens is 267 g/mol. The number of benzene rings is 1. The summed E-state index contributed by atoms with van der Waals surface area (Å²) < 4.78 is 13.9. The molecule has 4 heteroatoms. The standard InChI is InChI=1S/C17H23FN2O/c1-12(17(2,3)4)11-20-16(21)14-8-7-13(6-5-9-19)10-15(14)18/h7-8,10,12H,9,11,19H2,1-4H3,(H,20,21). The van der Waals surface area contributed by atoms with Crippen molar-refractivity contribution < 1.29 is 9.18 Å². The first kappa shape index (κ1) is 17.2. The minimum absolute atomic E-state index is 0.0365. The van der Waals surface area contributed by atoms with Crippen LogP contribution in [0.3, 0.4) is 0 Å². The molecule has 0 fully saturated rings. The summed E-state index contributed by atoms with van der Waals surface area (Å²) in [6, 6.07) is 4.32. The van der Waals surface area contributed by atoms with Crippen LogP contribution in [0, 0.1) is 29.0 Å². The van der Waals surface area contributed by atoms with Crippen molar-refractivity contribution in [2.75, 3.05) is 13.1 Å². The highest BCUT2D eigenvalue weighted by molar-refractivity contribution is 5.94. The molecule has 0 spiro atoms. The van der Waals surface area contributed by atoms with E-state index in [1.165, 1.54) is 12.1 Å². The van der Waals surface area contributed by atoms with Crippen LogP contribution >= 0.6 is 0 Å². The summed E-state index contributed by atoms with van der Waals surface area (Å²) in [6.07, 6.45) is 0. The van der Waals surface area contributed by atoms with Crippen LogP contribution < -0.4 is 11.1 Å². The first-order valence-electron chi connectivity index (χ1n) is 7.02. The molecular formula is C17H23FN2O. The topological polar surface area (TPSA) is 55.1 Å². The number of hydrogen-bond donors (Lipinski definition) is 2. The van der Waals surface area contributed by atoms with E-state index in [1.54, 1.807) is 6.07 Å². The molecule has 0 saturated heterocycles. The molecule has 0 saturated carbocycles. The van der Waals surface area contributed by atoms with Crippen LogP contribution in [0.1, 0.15) is 43.6 Å². The van der Waals surface area contributed by atoms with Gasteiger partial charge in [-0.3, -0.25) is 4.79 Å². The van der Waals surface area contributed by atoms with Gasteiger partial charge in [0.25, 0.3) is 5.91 Å². The molecule has 21 heavy (non-hydrogen) atoms. The molecule has 1 rings (SSSR count). The molecule has 1 aromatic rings. The first-order valence-corrected chi connectivity index (χ1v) is 7.02. The molecule has 0 bridgehead atoms. The van der Waals surface area contributed by atoms with Crippen molar-refractivity contribution in [3.8, 4) is 11.8 Å². The van der Waals surface area contributed by atoms with Gasteiger partial charge in [0, 0.05) is 12.1 Å². The van der Waals surface area contributed by atoms with Gasteiger partial charge in [-0.25, -0.2) is 4.39 Å². The van der Waals surface area contributed by atoms with Crippen LogP contribution in [-0.4, -0.2) is 19.0 Å². The number of carbonyl (C=O) groups is 1. The molecule has 0 heterocycles. The molecule has 0 aromatic heterocycles. The Balaban J connectivity index is 2.75. The number of amides is 1. The van der Waals surface area contributed by atoms with Crippen LogP contribution in [0.15, 0.2) is 18.2 Å². The molecule has 1 aromatic carbocycles. The molecule has 3 N–H and O–H groups in total. The highest BCUT2D eigenvalue weighted by atomic mass is 19.1. The Morgan fingerprint density at radius 3 is 2.62 bits per heavy atom. The van der Waals surface area contributed by atoms with E-state index in [0.717, 1.165) is 0 Å². The van der Waals surface area contributed by atoms with E-state index in [-0.39, 0.29) is 17.5 Å². The first-order chi connectivity index (χ1) is 9.75. The quantitative estimate of drug-likeness (QED) is 0.841. The minimum atomic E-state index is -0.570. The van der Waals surface area contributed by atoms with Gasteiger partial charge in [-0.2, -0.15) is 0 Å². The van der Waals surface area contributed by atoms with Gasteiger partial charge in [0.15, 0.2) is 0 Å². The smallest absolute Gasteiger partial charge is 0.254 e. The summed E-state index contributed by atoms with van der Waals surface area (Å²) in [4.78, 5) is 12.0. The molecule has 1 unspecified atom stereocenters. The molecule has 114 valence electrons. The van der Waals surface area contributed by atoms with Crippen LogP contribution in [0.4, 0.5) is 4.39 Å². The van der Waals surface area contributed by atoms with Crippen molar-refractivity contribution in [2.24, 2.45) is 17.1 Å². The molecule has 1 amide bonds. The van der Waals surface area contributed by atoms with E-state index in [9.17, 15) is 9.18 Å². The lowest BCUT2D eigenvalue weighted by Gasteiger charge is -2.27. The maximum absolute atomic E-state index is 13.9. The highest BCUT2D eigenvalue weighted by Crippen LogP contribution is 2.24. The molecule has 3 nitrogen and oxygen atoms in total. The normalized spacial score (nSPS) is 12.3. The van der Waals surface area contributed by atoms with Crippen molar-refractivity contribution in [2.45, 2.75) is 27.7 Å². The van der Waals surface area contributed by atoms with Gasteiger partial charge in [0.05, 0.1) is 12.1 Å².